The van der Waals surface area contributed by atoms with Gasteiger partial charge in [0, 0.05) is 13.0 Å². The van der Waals surface area contributed by atoms with Crippen molar-refractivity contribution in [3.05, 3.63) is 0 Å². The van der Waals surface area contributed by atoms with E-state index in [4.69, 9.17) is 5.11 Å². The molecule has 0 amide bonds. The van der Waals surface area contributed by atoms with E-state index in [2.05, 4.69) is 0 Å². The van der Waals surface area contributed by atoms with Gasteiger partial charge in [-0.15, -0.1) is 0 Å². The number of aliphatic hydroxyl groups is 1. The first-order valence-corrected chi connectivity index (χ1v) is 3.66. The van der Waals surface area contributed by atoms with Crippen LogP contribution in [0.25, 0.3) is 0 Å². The molecular formula is C3H5F2O4S-. The normalized spacial score (nSPS) is 13.6. The van der Waals surface area contributed by atoms with E-state index in [0.717, 1.165) is 0 Å². The van der Waals surface area contributed by atoms with Gasteiger partial charge in [0.05, 0.1) is 0 Å². The van der Waals surface area contributed by atoms with Crippen molar-refractivity contribution in [2.24, 2.45) is 0 Å². The molecule has 0 saturated carbocycles. The molecule has 0 bridgehead atoms. The maximum Gasteiger partial charge on any atom is 0.336 e. The first kappa shape index (κ1) is 9.73. The molecule has 0 aromatic carbocycles. The lowest BCUT2D eigenvalue weighted by molar-refractivity contribution is 0.0506. The van der Waals surface area contributed by atoms with Crippen LogP contribution in [-0.4, -0.2) is 29.9 Å². The van der Waals surface area contributed by atoms with Crippen molar-refractivity contribution in [2.45, 2.75) is 11.7 Å². The predicted octanol–water partition coefficient (Wildman–Crippen LogP) is -0.493. The Kier molecular flexibility index (Phi) is 2.69. The van der Waals surface area contributed by atoms with Crippen LogP contribution in [0.3, 0.4) is 0 Å². The van der Waals surface area contributed by atoms with Gasteiger partial charge in [-0.25, -0.2) is 8.42 Å². The quantitative estimate of drug-likeness (QED) is 0.587. The molecule has 0 atom stereocenters. The number of halogens is 2. The molecule has 0 spiro atoms. The SMILES string of the molecule is O=S(=O)([O-])C(F)(F)CCO. The lowest BCUT2D eigenvalue weighted by Crippen LogP contribution is -2.29. The van der Waals surface area contributed by atoms with Crippen LogP contribution in [0.5, 0.6) is 0 Å². The first-order valence-electron chi connectivity index (χ1n) is 2.25. The number of hydrogen-bond donors (Lipinski definition) is 1. The lowest BCUT2D eigenvalue weighted by atomic mass is 10.5. The molecule has 1 N–H and O–H groups in total. The van der Waals surface area contributed by atoms with Gasteiger partial charge in [-0.2, -0.15) is 8.78 Å². The third-order valence-corrected chi connectivity index (χ3v) is 1.70. The summed E-state index contributed by atoms with van der Waals surface area (Å²) in [6.45, 7) is -1.03. The number of alkyl halides is 2. The van der Waals surface area contributed by atoms with E-state index in [1.165, 1.54) is 0 Å². The van der Waals surface area contributed by atoms with Gasteiger partial charge < -0.3 is 9.66 Å². The molecule has 0 saturated heterocycles. The fraction of sp³-hybridized carbons (Fsp3) is 1.00. The third-order valence-electron chi connectivity index (χ3n) is 0.769. The monoisotopic (exact) mass is 175 g/mol. The van der Waals surface area contributed by atoms with Gasteiger partial charge in [-0.3, -0.25) is 0 Å². The Morgan fingerprint density at radius 1 is 1.50 bits per heavy atom. The van der Waals surface area contributed by atoms with Crippen molar-refractivity contribution in [3.63, 3.8) is 0 Å². The molecule has 0 radical (unpaired) electrons. The summed E-state index contributed by atoms with van der Waals surface area (Å²) in [6, 6.07) is 0. The van der Waals surface area contributed by atoms with Gasteiger partial charge in [0.25, 0.3) is 0 Å². The van der Waals surface area contributed by atoms with Gasteiger partial charge in [0.1, 0.15) is 0 Å². The Morgan fingerprint density at radius 2 is 1.90 bits per heavy atom. The fourth-order valence-corrected chi connectivity index (χ4v) is 0.596. The zero-order chi connectivity index (χ0) is 8.41. The smallest absolute Gasteiger partial charge is 0.336 e. The van der Waals surface area contributed by atoms with Gasteiger partial charge in [-0.1, -0.05) is 0 Å². The summed E-state index contributed by atoms with van der Waals surface area (Å²) in [4.78, 5) is 0. The van der Waals surface area contributed by atoms with E-state index in [1.54, 1.807) is 0 Å². The van der Waals surface area contributed by atoms with Gasteiger partial charge >= 0.3 is 5.25 Å². The minimum absolute atomic E-state index is 1.03. The van der Waals surface area contributed by atoms with E-state index in [9.17, 15) is 21.8 Å². The Morgan fingerprint density at radius 3 is 2.00 bits per heavy atom. The minimum Gasteiger partial charge on any atom is -0.743 e. The van der Waals surface area contributed by atoms with Crippen LogP contribution < -0.4 is 0 Å². The van der Waals surface area contributed by atoms with Crippen molar-refractivity contribution in [1.29, 1.82) is 0 Å². The van der Waals surface area contributed by atoms with Crippen molar-refractivity contribution in [2.75, 3.05) is 6.61 Å². The zero-order valence-electron chi connectivity index (χ0n) is 4.75. The standard InChI is InChI=1S/C3H6F2O4S/c4-3(5,1-2-6)10(7,8)9/h6H,1-2H2,(H,7,8,9)/p-1. The molecule has 0 unspecified atom stereocenters. The summed E-state index contributed by atoms with van der Waals surface area (Å²) in [6.07, 6.45) is -1.35. The van der Waals surface area contributed by atoms with Crippen LogP contribution in [0, 0.1) is 0 Å². The largest absolute Gasteiger partial charge is 0.743 e. The van der Waals surface area contributed by atoms with Crippen LogP contribution >= 0.6 is 0 Å². The van der Waals surface area contributed by atoms with Crippen molar-refractivity contribution in [1.82, 2.24) is 0 Å². The molecular weight excluding hydrogens is 170 g/mol. The summed E-state index contributed by atoms with van der Waals surface area (Å²) in [5, 5.41) is 3.54. The lowest BCUT2D eigenvalue weighted by Gasteiger charge is -2.17. The topological polar surface area (TPSA) is 77.4 Å². The van der Waals surface area contributed by atoms with Gasteiger partial charge in [0.2, 0.25) is 0 Å². The van der Waals surface area contributed by atoms with Crippen LogP contribution in [-0.2, 0) is 10.1 Å². The molecule has 62 valence electrons. The fourth-order valence-electron chi connectivity index (χ4n) is 0.255. The number of aliphatic hydroxyl groups excluding tert-OH is 1. The molecule has 0 rings (SSSR count). The van der Waals surface area contributed by atoms with Gasteiger partial charge in [-0.05, 0) is 0 Å². The molecule has 0 aliphatic rings. The average molecular weight is 175 g/mol. The van der Waals surface area contributed by atoms with E-state index < -0.39 is 28.4 Å². The molecule has 0 fully saturated rings. The second kappa shape index (κ2) is 2.77. The molecule has 7 heteroatoms. The van der Waals surface area contributed by atoms with Crippen molar-refractivity contribution in [3.8, 4) is 0 Å². The maximum absolute atomic E-state index is 11.9. The summed E-state index contributed by atoms with van der Waals surface area (Å²) < 4.78 is 52.6. The molecule has 0 aliphatic carbocycles. The first-order chi connectivity index (χ1) is 4.31. The van der Waals surface area contributed by atoms with E-state index >= 15 is 0 Å². The predicted molar refractivity (Wildman–Crippen MR) is 26.3 cm³/mol. The second-order valence-corrected chi connectivity index (χ2v) is 3.07. The maximum atomic E-state index is 11.9. The van der Waals surface area contributed by atoms with Crippen LogP contribution in [0.1, 0.15) is 6.42 Å². The summed E-state index contributed by atoms with van der Waals surface area (Å²) >= 11 is 0. The molecule has 0 aromatic heterocycles. The Balaban J connectivity index is 4.42. The number of rotatable bonds is 3. The molecule has 0 aliphatic heterocycles. The summed E-state index contributed by atoms with van der Waals surface area (Å²) in [7, 11) is -5.61. The highest BCUT2D eigenvalue weighted by Crippen LogP contribution is 2.23. The summed E-state index contributed by atoms with van der Waals surface area (Å²) in [5.74, 6) is 0. The van der Waals surface area contributed by atoms with E-state index in [0.29, 0.717) is 0 Å². The highest BCUT2D eigenvalue weighted by atomic mass is 32.2. The Bertz CT molecular complexity index is 197. The van der Waals surface area contributed by atoms with Gasteiger partial charge in [0.15, 0.2) is 10.1 Å². The second-order valence-electron chi connectivity index (χ2n) is 1.57. The average Bonchev–Trinajstić information content (AvgIpc) is 1.61. The Labute approximate surface area is 56.2 Å². The van der Waals surface area contributed by atoms with Crippen molar-refractivity contribution >= 4 is 10.1 Å². The van der Waals surface area contributed by atoms with Crippen LogP contribution in [0.2, 0.25) is 0 Å². The molecule has 0 aromatic rings. The molecule has 0 heterocycles. The van der Waals surface area contributed by atoms with E-state index in [1.807, 2.05) is 0 Å². The Hall–Kier alpha value is -0.270. The van der Waals surface area contributed by atoms with Crippen LogP contribution in [0.4, 0.5) is 8.78 Å². The number of hydrogen-bond acceptors (Lipinski definition) is 4. The molecule has 4 nitrogen and oxygen atoms in total. The zero-order valence-corrected chi connectivity index (χ0v) is 5.57. The van der Waals surface area contributed by atoms with Crippen LogP contribution in [0.15, 0.2) is 0 Å². The van der Waals surface area contributed by atoms with Crippen molar-refractivity contribution < 1.29 is 26.9 Å². The minimum atomic E-state index is -5.61. The summed E-state index contributed by atoms with van der Waals surface area (Å²) in [5.41, 5.74) is 0. The third kappa shape index (κ3) is 2.16. The highest BCUT2D eigenvalue weighted by Gasteiger charge is 2.36. The van der Waals surface area contributed by atoms with E-state index in [-0.39, 0.29) is 0 Å². The molecule has 10 heavy (non-hydrogen) atoms. The highest BCUT2D eigenvalue weighted by molar-refractivity contribution is 7.86.